The number of rotatable bonds is 12. The smallest absolute Gasteiger partial charge is 0.243 e. The second-order valence-electron chi connectivity index (χ2n) is 12.6. The van der Waals surface area contributed by atoms with Crippen molar-refractivity contribution in [1.29, 1.82) is 0 Å². The number of benzene rings is 3. The molecular weight excluding hydrogens is 685 g/mol. The van der Waals surface area contributed by atoms with E-state index >= 15 is 0 Å². The second kappa shape index (κ2) is 19.4. The van der Waals surface area contributed by atoms with E-state index in [1.807, 2.05) is 42.5 Å². The summed E-state index contributed by atoms with van der Waals surface area (Å²) in [5.74, 6) is -4.28. The Morgan fingerprint density at radius 2 is 1.09 bits per heavy atom. The number of carbonyl (C=O) groups excluding carboxylic acids is 5. The average Bonchev–Trinajstić information content (AvgIpc) is 3.12. The van der Waals surface area contributed by atoms with Crippen molar-refractivity contribution >= 4 is 52.2 Å². The first-order chi connectivity index (χ1) is 25.4. The Kier molecular flexibility index (Phi) is 14.4. The molecule has 4 rings (SSSR count). The van der Waals surface area contributed by atoms with Crippen molar-refractivity contribution in [3.63, 3.8) is 0 Å². The number of hydrogen-bond donors (Lipinski definition) is 9. The normalized spacial score (nSPS) is 20.1. The Bertz CT molecular complexity index is 1830. The molecule has 5 amide bonds. The first-order valence-corrected chi connectivity index (χ1v) is 17.2. The number of halogens is 1. The highest BCUT2D eigenvalue weighted by Gasteiger charge is 2.32. The third-order valence-corrected chi connectivity index (χ3v) is 8.47. The van der Waals surface area contributed by atoms with Gasteiger partial charge in [-0.2, -0.15) is 0 Å². The molecule has 282 valence electrons. The summed E-state index contributed by atoms with van der Waals surface area (Å²) in [5, 5.41) is 15.3. The van der Waals surface area contributed by atoms with Gasteiger partial charge in [-0.05, 0) is 59.7 Å². The molecule has 0 aromatic heterocycles. The van der Waals surface area contributed by atoms with E-state index in [4.69, 9.17) is 22.9 Å². The SMILES string of the molecule is NC(N)=NCCC[C@@H]1NC(=O)[C@@H](Cc2ccc(F)cc2)NC(=O)[C@@H](CCCN=C(N)N)NC(=O)CNC(=O)[C@H](Cc2ccc3ccccc3c2)NC1=O. The van der Waals surface area contributed by atoms with E-state index < -0.39 is 66.1 Å². The van der Waals surface area contributed by atoms with Crippen LogP contribution in [0, 0.1) is 5.82 Å². The Morgan fingerprint density at radius 1 is 0.604 bits per heavy atom. The topological polar surface area (TPSA) is 274 Å². The zero-order valence-electron chi connectivity index (χ0n) is 29.1. The largest absolute Gasteiger partial charge is 0.370 e. The Hall–Kier alpha value is -6.26. The van der Waals surface area contributed by atoms with Gasteiger partial charge in [0.25, 0.3) is 0 Å². The highest BCUT2D eigenvalue weighted by atomic mass is 19.1. The quantitative estimate of drug-likeness (QED) is 0.0623. The predicted octanol–water partition coefficient (Wildman–Crippen LogP) is -1.06. The second-order valence-corrected chi connectivity index (χ2v) is 12.6. The van der Waals surface area contributed by atoms with Crippen molar-refractivity contribution in [2.75, 3.05) is 19.6 Å². The van der Waals surface area contributed by atoms with Crippen LogP contribution in [0.1, 0.15) is 36.8 Å². The fourth-order valence-corrected chi connectivity index (χ4v) is 5.77. The molecule has 3 aromatic carbocycles. The van der Waals surface area contributed by atoms with Gasteiger partial charge < -0.3 is 49.5 Å². The van der Waals surface area contributed by atoms with Crippen molar-refractivity contribution in [3.8, 4) is 0 Å². The number of nitrogens with two attached hydrogens (primary N) is 4. The molecule has 1 fully saturated rings. The molecule has 53 heavy (non-hydrogen) atoms. The average molecular weight is 732 g/mol. The molecule has 1 heterocycles. The van der Waals surface area contributed by atoms with Crippen molar-refractivity contribution < 1.29 is 28.4 Å². The number of carbonyl (C=O) groups is 5. The number of guanidine groups is 2. The lowest BCUT2D eigenvalue weighted by atomic mass is 10.00. The van der Waals surface area contributed by atoms with Crippen LogP contribution in [0.4, 0.5) is 4.39 Å². The summed E-state index contributed by atoms with van der Waals surface area (Å²) in [6.45, 7) is -0.212. The number of nitrogens with zero attached hydrogens (tertiary/aromatic N) is 2. The molecule has 1 saturated heterocycles. The van der Waals surface area contributed by atoms with E-state index in [0.717, 1.165) is 16.3 Å². The Labute approximate surface area is 305 Å². The molecule has 0 saturated carbocycles. The van der Waals surface area contributed by atoms with Gasteiger partial charge >= 0.3 is 0 Å². The lowest BCUT2D eigenvalue weighted by Gasteiger charge is -2.26. The molecule has 1 aliphatic heterocycles. The lowest BCUT2D eigenvalue weighted by molar-refractivity contribution is -0.134. The van der Waals surface area contributed by atoms with Crippen LogP contribution in [0.3, 0.4) is 0 Å². The molecular formula is C36H46FN11O5. The van der Waals surface area contributed by atoms with Crippen molar-refractivity contribution in [2.24, 2.45) is 32.9 Å². The number of aliphatic imine (C=N–C) groups is 2. The monoisotopic (exact) mass is 731 g/mol. The molecule has 17 heteroatoms. The first kappa shape index (κ1) is 39.5. The van der Waals surface area contributed by atoms with Gasteiger partial charge in [-0.25, -0.2) is 4.39 Å². The minimum absolute atomic E-state index is 0.0549. The minimum Gasteiger partial charge on any atom is -0.370 e. The zero-order valence-corrected chi connectivity index (χ0v) is 29.1. The van der Waals surface area contributed by atoms with Crippen LogP contribution in [0.15, 0.2) is 76.7 Å². The third kappa shape index (κ3) is 12.8. The summed E-state index contributed by atoms with van der Waals surface area (Å²) in [7, 11) is 0. The van der Waals surface area contributed by atoms with Crippen LogP contribution in [0.25, 0.3) is 10.8 Å². The fourth-order valence-electron chi connectivity index (χ4n) is 5.77. The third-order valence-electron chi connectivity index (χ3n) is 8.47. The molecule has 0 unspecified atom stereocenters. The number of hydrogen-bond acceptors (Lipinski definition) is 7. The molecule has 0 spiro atoms. The van der Waals surface area contributed by atoms with Crippen LogP contribution < -0.4 is 49.5 Å². The minimum atomic E-state index is -1.27. The lowest BCUT2D eigenvalue weighted by Crippen LogP contribution is -2.58. The van der Waals surface area contributed by atoms with E-state index in [1.165, 1.54) is 24.3 Å². The molecule has 13 N–H and O–H groups in total. The molecule has 16 nitrogen and oxygen atoms in total. The summed E-state index contributed by atoms with van der Waals surface area (Å²) >= 11 is 0. The maximum absolute atomic E-state index is 14.0. The Morgan fingerprint density at radius 3 is 1.70 bits per heavy atom. The standard InChI is InChI=1S/C36H46FN11O5/c37-25-13-10-21(11-14-25)18-29-34(53)46-27(8-4-16-43-36(40)41)33(52)47-28(19-22-9-12-23-5-1-2-6-24(23)17-22)31(50)44-20-30(49)45-26(32(51)48-29)7-3-15-42-35(38)39/h1-2,5-6,9-14,17,26-29H,3-4,7-8,15-16,18-20H2,(H,44,50)(H,45,49)(H,46,53)(H,47,52)(H,48,51)(H4,38,39,42)(H4,40,41,43)/t26-,27+,28+,29-/m1/s1. The molecule has 1 aliphatic rings. The number of amides is 5. The van der Waals surface area contributed by atoms with Gasteiger partial charge in [0.15, 0.2) is 11.9 Å². The van der Waals surface area contributed by atoms with E-state index in [1.54, 1.807) is 0 Å². The predicted molar refractivity (Wildman–Crippen MR) is 198 cm³/mol. The van der Waals surface area contributed by atoms with Crippen LogP contribution in [0.5, 0.6) is 0 Å². The van der Waals surface area contributed by atoms with E-state index in [0.29, 0.717) is 5.56 Å². The maximum Gasteiger partial charge on any atom is 0.243 e. The zero-order chi connectivity index (χ0) is 38.3. The van der Waals surface area contributed by atoms with Crippen molar-refractivity contribution in [2.45, 2.75) is 62.7 Å². The number of nitrogens with one attached hydrogen (secondary N) is 5. The van der Waals surface area contributed by atoms with Crippen LogP contribution >= 0.6 is 0 Å². The summed E-state index contributed by atoms with van der Waals surface area (Å²) in [6, 6.07) is 13.9. The van der Waals surface area contributed by atoms with Gasteiger partial charge in [0, 0.05) is 25.9 Å². The van der Waals surface area contributed by atoms with Crippen molar-refractivity contribution in [1.82, 2.24) is 26.6 Å². The van der Waals surface area contributed by atoms with Crippen LogP contribution in [-0.2, 0) is 36.8 Å². The summed E-state index contributed by atoms with van der Waals surface area (Å²) in [4.78, 5) is 76.3. The molecule has 4 atom stereocenters. The molecule has 0 radical (unpaired) electrons. The van der Waals surface area contributed by atoms with Gasteiger partial charge in [-0.15, -0.1) is 0 Å². The Balaban J connectivity index is 1.68. The summed E-state index contributed by atoms with van der Waals surface area (Å²) in [5.41, 5.74) is 23.0. The van der Waals surface area contributed by atoms with Crippen LogP contribution in [0.2, 0.25) is 0 Å². The van der Waals surface area contributed by atoms with E-state index in [-0.39, 0.29) is 63.5 Å². The fraction of sp³-hybridized carbons (Fsp3) is 0.361. The highest BCUT2D eigenvalue weighted by molar-refractivity contribution is 5.97. The van der Waals surface area contributed by atoms with Gasteiger partial charge in [0.05, 0.1) is 6.54 Å². The van der Waals surface area contributed by atoms with Gasteiger partial charge in [0.2, 0.25) is 29.5 Å². The number of fused-ring (bicyclic) bond motifs is 1. The van der Waals surface area contributed by atoms with Crippen LogP contribution in [-0.4, -0.2) is 85.3 Å². The van der Waals surface area contributed by atoms with Gasteiger partial charge in [-0.3, -0.25) is 34.0 Å². The van der Waals surface area contributed by atoms with Gasteiger partial charge in [0.1, 0.15) is 30.0 Å². The van der Waals surface area contributed by atoms with E-state index in [9.17, 15) is 28.4 Å². The van der Waals surface area contributed by atoms with E-state index in [2.05, 4.69) is 36.6 Å². The summed E-state index contributed by atoms with van der Waals surface area (Å²) < 4.78 is 13.7. The molecule has 3 aromatic rings. The highest BCUT2D eigenvalue weighted by Crippen LogP contribution is 2.17. The molecule has 0 aliphatic carbocycles. The van der Waals surface area contributed by atoms with Gasteiger partial charge in [-0.1, -0.05) is 54.6 Å². The summed E-state index contributed by atoms with van der Waals surface area (Å²) in [6.07, 6.45) is 0.651. The van der Waals surface area contributed by atoms with Crippen molar-refractivity contribution in [3.05, 3.63) is 83.7 Å². The maximum atomic E-state index is 14.0. The first-order valence-electron chi connectivity index (χ1n) is 17.2. The molecule has 0 bridgehead atoms.